The average molecular weight is 273 g/mol. The van der Waals surface area contributed by atoms with Gasteiger partial charge in [-0.05, 0) is 35.0 Å². The molecule has 14 heavy (non-hydrogen) atoms. The van der Waals surface area contributed by atoms with Gasteiger partial charge in [-0.2, -0.15) is 11.8 Å². The zero-order valence-corrected chi connectivity index (χ0v) is 10.5. The molecule has 2 rings (SSSR count). The molecular formula is C10H13BrN2S. The molecule has 0 radical (unpaired) electrons. The largest absolute Gasteiger partial charge is 0.351 e. The third kappa shape index (κ3) is 2.06. The fourth-order valence-electron chi connectivity index (χ4n) is 1.63. The van der Waals surface area contributed by atoms with Crippen LogP contribution in [0.15, 0.2) is 22.8 Å². The van der Waals surface area contributed by atoms with Crippen molar-refractivity contribution in [3.63, 3.8) is 0 Å². The second-order valence-corrected chi connectivity index (χ2v) is 5.43. The summed E-state index contributed by atoms with van der Waals surface area (Å²) < 4.78 is 1.10. The van der Waals surface area contributed by atoms with E-state index in [0.717, 1.165) is 16.8 Å². The Labute approximate surface area is 97.2 Å². The molecule has 2 nitrogen and oxygen atoms in total. The smallest absolute Gasteiger partial charge is 0.143 e. The van der Waals surface area contributed by atoms with E-state index in [-0.39, 0.29) is 0 Å². The molecule has 0 N–H and O–H groups in total. The molecule has 1 aromatic rings. The Kier molecular flexibility index (Phi) is 3.34. The van der Waals surface area contributed by atoms with E-state index < -0.39 is 0 Å². The number of hydrogen-bond acceptors (Lipinski definition) is 3. The van der Waals surface area contributed by atoms with Crippen LogP contribution in [0, 0.1) is 0 Å². The van der Waals surface area contributed by atoms with E-state index in [1.54, 1.807) is 0 Å². The molecule has 1 aromatic heterocycles. The number of aromatic nitrogens is 1. The van der Waals surface area contributed by atoms with Crippen LogP contribution >= 0.6 is 27.7 Å². The summed E-state index contributed by atoms with van der Waals surface area (Å²) in [7, 11) is 0. The van der Waals surface area contributed by atoms with E-state index in [4.69, 9.17) is 0 Å². The molecule has 0 amide bonds. The monoisotopic (exact) mass is 272 g/mol. The Hall–Kier alpha value is -0.220. The van der Waals surface area contributed by atoms with Crippen molar-refractivity contribution < 1.29 is 0 Å². The predicted molar refractivity (Wildman–Crippen MR) is 66.1 cm³/mol. The van der Waals surface area contributed by atoms with E-state index in [1.165, 1.54) is 11.5 Å². The van der Waals surface area contributed by atoms with E-state index in [1.807, 2.05) is 24.0 Å². The van der Waals surface area contributed by atoms with E-state index in [2.05, 4.69) is 38.8 Å². The molecule has 76 valence electrons. The van der Waals surface area contributed by atoms with Crippen LogP contribution in [0.2, 0.25) is 0 Å². The van der Waals surface area contributed by atoms with Gasteiger partial charge in [-0.25, -0.2) is 4.98 Å². The first kappa shape index (κ1) is 10.3. The molecule has 0 spiro atoms. The first-order valence-electron chi connectivity index (χ1n) is 4.74. The van der Waals surface area contributed by atoms with Gasteiger partial charge in [0.05, 0.1) is 4.47 Å². The predicted octanol–water partition coefficient (Wildman–Crippen LogP) is 2.79. The summed E-state index contributed by atoms with van der Waals surface area (Å²) in [5.74, 6) is 3.48. The number of halogens is 1. The molecule has 1 unspecified atom stereocenters. The van der Waals surface area contributed by atoms with Crippen molar-refractivity contribution in [2.75, 3.05) is 23.0 Å². The highest BCUT2D eigenvalue weighted by molar-refractivity contribution is 9.10. The van der Waals surface area contributed by atoms with Crippen molar-refractivity contribution in [3.8, 4) is 0 Å². The van der Waals surface area contributed by atoms with Crippen LogP contribution < -0.4 is 4.90 Å². The maximum atomic E-state index is 4.42. The van der Waals surface area contributed by atoms with Crippen LogP contribution in [-0.2, 0) is 0 Å². The van der Waals surface area contributed by atoms with Gasteiger partial charge < -0.3 is 4.90 Å². The van der Waals surface area contributed by atoms with Gasteiger partial charge in [0.15, 0.2) is 0 Å². The number of pyridine rings is 1. The molecular weight excluding hydrogens is 260 g/mol. The van der Waals surface area contributed by atoms with Gasteiger partial charge in [0, 0.05) is 30.3 Å². The zero-order valence-electron chi connectivity index (χ0n) is 8.11. The van der Waals surface area contributed by atoms with Gasteiger partial charge in [0.25, 0.3) is 0 Å². The molecule has 4 heteroatoms. The summed E-state index contributed by atoms with van der Waals surface area (Å²) in [4.78, 5) is 6.80. The van der Waals surface area contributed by atoms with Crippen molar-refractivity contribution in [2.24, 2.45) is 0 Å². The van der Waals surface area contributed by atoms with Crippen molar-refractivity contribution in [3.05, 3.63) is 22.8 Å². The summed E-state index contributed by atoms with van der Waals surface area (Å²) in [5, 5.41) is 0. The number of nitrogens with zero attached hydrogens (tertiary/aromatic N) is 2. The minimum atomic E-state index is 0.583. The Morgan fingerprint density at radius 1 is 1.64 bits per heavy atom. The lowest BCUT2D eigenvalue weighted by Gasteiger charge is -2.34. The van der Waals surface area contributed by atoms with Gasteiger partial charge in [0.2, 0.25) is 0 Å². The minimum absolute atomic E-state index is 0.583. The van der Waals surface area contributed by atoms with Crippen LogP contribution in [0.25, 0.3) is 0 Å². The van der Waals surface area contributed by atoms with Gasteiger partial charge in [-0.3, -0.25) is 0 Å². The lowest BCUT2D eigenvalue weighted by Crippen LogP contribution is -2.41. The fraction of sp³-hybridized carbons (Fsp3) is 0.500. The van der Waals surface area contributed by atoms with Gasteiger partial charge in [-0.15, -0.1) is 0 Å². The number of rotatable bonds is 1. The summed E-state index contributed by atoms with van der Waals surface area (Å²) in [6.45, 7) is 3.36. The SMILES string of the molecule is CC1CSCCN1c1ncccc1Br. The summed E-state index contributed by atoms with van der Waals surface area (Å²) in [5.41, 5.74) is 0. The van der Waals surface area contributed by atoms with Gasteiger partial charge >= 0.3 is 0 Å². The lowest BCUT2D eigenvalue weighted by atomic mass is 10.3. The molecule has 1 saturated heterocycles. The lowest BCUT2D eigenvalue weighted by molar-refractivity contribution is 0.688. The fourth-order valence-corrected chi connectivity index (χ4v) is 3.13. The van der Waals surface area contributed by atoms with Crippen LogP contribution in [0.1, 0.15) is 6.92 Å². The topological polar surface area (TPSA) is 16.1 Å². The summed E-state index contributed by atoms with van der Waals surface area (Å²) >= 11 is 5.57. The standard InChI is InChI=1S/C10H13BrN2S/c1-8-7-14-6-5-13(8)10-9(11)3-2-4-12-10/h2-4,8H,5-7H2,1H3. The average Bonchev–Trinajstić information content (AvgIpc) is 2.20. The molecule has 0 bridgehead atoms. The minimum Gasteiger partial charge on any atom is -0.351 e. The highest BCUT2D eigenvalue weighted by Crippen LogP contribution is 2.28. The molecule has 2 heterocycles. The first-order chi connectivity index (χ1) is 6.79. The van der Waals surface area contributed by atoms with Crippen LogP contribution in [-0.4, -0.2) is 29.1 Å². The number of thioether (sulfide) groups is 1. The highest BCUT2D eigenvalue weighted by Gasteiger charge is 2.21. The van der Waals surface area contributed by atoms with Crippen molar-refractivity contribution >= 4 is 33.5 Å². The highest BCUT2D eigenvalue weighted by atomic mass is 79.9. The third-order valence-electron chi connectivity index (χ3n) is 2.38. The Balaban J connectivity index is 2.25. The second kappa shape index (κ2) is 4.53. The van der Waals surface area contributed by atoms with Crippen LogP contribution in [0.3, 0.4) is 0 Å². The van der Waals surface area contributed by atoms with E-state index >= 15 is 0 Å². The maximum absolute atomic E-state index is 4.42. The summed E-state index contributed by atoms with van der Waals surface area (Å²) in [6.07, 6.45) is 1.86. The van der Waals surface area contributed by atoms with Crippen LogP contribution in [0.4, 0.5) is 5.82 Å². The Morgan fingerprint density at radius 3 is 3.21 bits per heavy atom. The molecule has 1 atom stereocenters. The Bertz CT molecular complexity index is 319. The number of hydrogen-bond donors (Lipinski definition) is 0. The van der Waals surface area contributed by atoms with Gasteiger partial charge in [0.1, 0.15) is 5.82 Å². The molecule has 0 aromatic carbocycles. The summed E-state index contributed by atoms with van der Waals surface area (Å²) in [6, 6.07) is 4.59. The van der Waals surface area contributed by atoms with E-state index in [0.29, 0.717) is 6.04 Å². The number of anilines is 1. The molecule has 1 aliphatic heterocycles. The van der Waals surface area contributed by atoms with Gasteiger partial charge in [-0.1, -0.05) is 0 Å². The van der Waals surface area contributed by atoms with Crippen molar-refractivity contribution in [1.29, 1.82) is 0 Å². The molecule has 0 saturated carbocycles. The maximum Gasteiger partial charge on any atom is 0.143 e. The first-order valence-corrected chi connectivity index (χ1v) is 6.68. The Morgan fingerprint density at radius 2 is 2.50 bits per heavy atom. The van der Waals surface area contributed by atoms with Crippen LogP contribution in [0.5, 0.6) is 0 Å². The van der Waals surface area contributed by atoms with Crippen molar-refractivity contribution in [1.82, 2.24) is 4.98 Å². The second-order valence-electron chi connectivity index (χ2n) is 3.43. The molecule has 1 fully saturated rings. The third-order valence-corrected chi connectivity index (χ3v) is 4.19. The van der Waals surface area contributed by atoms with Crippen molar-refractivity contribution in [2.45, 2.75) is 13.0 Å². The molecule has 1 aliphatic rings. The van der Waals surface area contributed by atoms with E-state index in [9.17, 15) is 0 Å². The zero-order chi connectivity index (χ0) is 9.97. The molecule has 0 aliphatic carbocycles. The quantitative estimate of drug-likeness (QED) is 0.782. The normalized spacial score (nSPS) is 22.4.